The fourth-order valence-electron chi connectivity index (χ4n) is 2.89. The monoisotopic (exact) mass is 371 g/mol. The molecule has 0 spiro atoms. The predicted molar refractivity (Wildman–Crippen MR) is 103 cm³/mol. The lowest BCUT2D eigenvalue weighted by molar-refractivity contribution is 0.415. The third-order valence-corrected chi connectivity index (χ3v) is 5.03. The Balaban J connectivity index is 2.11. The van der Waals surface area contributed by atoms with Gasteiger partial charge in [0.1, 0.15) is 16.8 Å². The van der Waals surface area contributed by atoms with E-state index in [0.29, 0.717) is 26.9 Å². The number of ether oxygens (including phenoxy) is 1. The number of aromatic nitrogens is 3. The first-order chi connectivity index (χ1) is 12.1. The molecule has 0 unspecified atom stereocenters. The lowest BCUT2D eigenvalue weighted by atomic mass is 10.2. The Kier molecular flexibility index (Phi) is 3.94. The van der Waals surface area contributed by atoms with Crippen LogP contribution in [-0.2, 0) is 0 Å². The van der Waals surface area contributed by atoms with Gasteiger partial charge in [-0.15, -0.1) is 0 Å². The summed E-state index contributed by atoms with van der Waals surface area (Å²) < 4.78 is 6.80. The van der Waals surface area contributed by atoms with Crippen LogP contribution in [0.15, 0.2) is 52.4 Å². The summed E-state index contributed by atoms with van der Waals surface area (Å²) in [5.74, 6) is 0.718. The molecular formula is C18H14ClN3O2S. The van der Waals surface area contributed by atoms with E-state index >= 15 is 0 Å². The number of aromatic amines is 1. The smallest absolute Gasteiger partial charge is 0.283 e. The van der Waals surface area contributed by atoms with Crippen LogP contribution < -0.4 is 10.3 Å². The first-order valence-electron chi connectivity index (χ1n) is 7.55. The van der Waals surface area contributed by atoms with E-state index in [1.165, 1.54) is 11.8 Å². The van der Waals surface area contributed by atoms with Gasteiger partial charge in [-0.25, -0.2) is 4.98 Å². The maximum absolute atomic E-state index is 13.2. The maximum Gasteiger partial charge on any atom is 0.283 e. The number of halogens is 1. The molecule has 0 aliphatic carbocycles. The number of hydrogen-bond acceptors (Lipinski definition) is 4. The zero-order valence-corrected chi connectivity index (χ0v) is 15.1. The van der Waals surface area contributed by atoms with Gasteiger partial charge < -0.3 is 9.72 Å². The lowest BCUT2D eigenvalue weighted by Crippen LogP contribution is -2.21. The van der Waals surface area contributed by atoms with E-state index < -0.39 is 0 Å². The SMILES string of the molecule is COc1ccc2c(c1)[nH]c1c(=O)n(-c3ccccc3Cl)c(SC)nc12. The van der Waals surface area contributed by atoms with Crippen molar-refractivity contribution in [2.75, 3.05) is 13.4 Å². The van der Waals surface area contributed by atoms with Gasteiger partial charge in [0.05, 0.1) is 23.3 Å². The average molecular weight is 372 g/mol. The number of thioether (sulfide) groups is 1. The summed E-state index contributed by atoms with van der Waals surface area (Å²) in [7, 11) is 1.61. The van der Waals surface area contributed by atoms with Gasteiger partial charge in [-0.2, -0.15) is 0 Å². The number of rotatable bonds is 3. The number of benzene rings is 2. The van der Waals surface area contributed by atoms with Gasteiger partial charge in [0.15, 0.2) is 5.16 Å². The Hall–Kier alpha value is -2.44. The number of nitrogens with one attached hydrogen (secondary N) is 1. The van der Waals surface area contributed by atoms with Crippen LogP contribution in [0, 0.1) is 0 Å². The van der Waals surface area contributed by atoms with Gasteiger partial charge in [0.2, 0.25) is 0 Å². The van der Waals surface area contributed by atoms with Crippen molar-refractivity contribution in [2.24, 2.45) is 0 Å². The van der Waals surface area contributed by atoms with Crippen molar-refractivity contribution < 1.29 is 4.74 Å². The maximum atomic E-state index is 13.2. The summed E-state index contributed by atoms with van der Waals surface area (Å²) >= 11 is 7.71. The molecule has 4 rings (SSSR count). The van der Waals surface area contributed by atoms with E-state index in [2.05, 4.69) is 4.98 Å². The molecule has 0 radical (unpaired) electrons. The summed E-state index contributed by atoms with van der Waals surface area (Å²) in [6.07, 6.45) is 1.89. The van der Waals surface area contributed by atoms with Crippen LogP contribution in [0.5, 0.6) is 5.75 Å². The van der Waals surface area contributed by atoms with Crippen LogP contribution in [0.4, 0.5) is 0 Å². The van der Waals surface area contributed by atoms with Crippen molar-refractivity contribution >= 4 is 45.3 Å². The fraction of sp³-hybridized carbons (Fsp3) is 0.111. The standard InChI is InChI=1S/C18H14ClN3O2S/c1-24-10-7-8-11-13(9-10)20-16-15(11)21-18(25-2)22(17(16)23)14-6-4-3-5-12(14)19/h3-9,20H,1-2H3. The molecule has 0 saturated heterocycles. The Morgan fingerprint density at radius 3 is 2.76 bits per heavy atom. The number of methoxy groups -OCH3 is 1. The van der Waals surface area contributed by atoms with E-state index in [1.54, 1.807) is 17.7 Å². The molecule has 0 aliphatic rings. The highest BCUT2D eigenvalue weighted by molar-refractivity contribution is 7.98. The molecule has 4 aromatic rings. The highest BCUT2D eigenvalue weighted by Crippen LogP contribution is 2.29. The highest BCUT2D eigenvalue weighted by atomic mass is 35.5. The first-order valence-corrected chi connectivity index (χ1v) is 9.15. The second-order valence-corrected chi connectivity index (χ2v) is 6.63. The third-order valence-electron chi connectivity index (χ3n) is 4.07. The zero-order chi connectivity index (χ0) is 17.6. The summed E-state index contributed by atoms with van der Waals surface area (Å²) in [6.45, 7) is 0. The second kappa shape index (κ2) is 6.13. The Labute approximate surface area is 152 Å². The summed E-state index contributed by atoms with van der Waals surface area (Å²) in [6, 6.07) is 12.9. The first kappa shape index (κ1) is 16.1. The van der Waals surface area contributed by atoms with Crippen LogP contribution in [0.1, 0.15) is 0 Å². The van der Waals surface area contributed by atoms with Crippen molar-refractivity contribution in [3.05, 3.63) is 57.8 Å². The van der Waals surface area contributed by atoms with Gasteiger partial charge in [0.25, 0.3) is 5.56 Å². The van der Waals surface area contributed by atoms with Crippen LogP contribution in [-0.4, -0.2) is 27.9 Å². The normalized spacial score (nSPS) is 11.3. The molecule has 126 valence electrons. The van der Waals surface area contributed by atoms with Gasteiger partial charge in [-0.1, -0.05) is 35.5 Å². The number of para-hydroxylation sites is 1. The van der Waals surface area contributed by atoms with Crippen LogP contribution >= 0.6 is 23.4 Å². The molecule has 2 aromatic heterocycles. The van der Waals surface area contributed by atoms with Gasteiger partial charge in [0, 0.05) is 11.5 Å². The lowest BCUT2D eigenvalue weighted by Gasteiger charge is -2.11. The Morgan fingerprint density at radius 2 is 2.04 bits per heavy atom. The zero-order valence-electron chi connectivity index (χ0n) is 13.5. The summed E-state index contributed by atoms with van der Waals surface area (Å²) in [4.78, 5) is 21.1. The van der Waals surface area contributed by atoms with E-state index in [1.807, 2.05) is 42.7 Å². The predicted octanol–water partition coefficient (Wildman–Crippen LogP) is 4.25. The highest BCUT2D eigenvalue weighted by Gasteiger charge is 2.17. The molecule has 5 nitrogen and oxygen atoms in total. The summed E-state index contributed by atoms with van der Waals surface area (Å²) in [5.41, 5.74) is 2.33. The molecular weight excluding hydrogens is 358 g/mol. The molecule has 1 N–H and O–H groups in total. The van der Waals surface area contributed by atoms with Gasteiger partial charge in [-0.3, -0.25) is 9.36 Å². The Morgan fingerprint density at radius 1 is 1.24 bits per heavy atom. The topological polar surface area (TPSA) is 59.9 Å². The van der Waals surface area contributed by atoms with Crippen molar-refractivity contribution in [3.63, 3.8) is 0 Å². The molecule has 0 saturated carbocycles. The van der Waals surface area contributed by atoms with E-state index in [9.17, 15) is 4.79 Å². The van der Waals surface area contributed by atoms with Crippen molar-refractivity contribution in [3.8, 4) is 11.4 Å². The number of hydrogen-bond donors (Lipinski definition) is 1. The van der Waals surface area contributed by atoms with Gasteiger partial charge >= 0.3 is 0 Å². The van der Waals surface area contributed by atoms with Crippen molar-refractivity contribution in [1.82, 2.24) is 14.5 Å². The van der Waals surface area contributed by atoms with Gasteiger partial charge in [-0.05, 0) is 30.5 Å². The molecule has 2 aromatic carbocycles. The molecule has 25 heavy (non-hydrogen) atoms. The molecule has 7 heteroatoms. The molecule has 0 fully saturated rings. The van der Waals surface area contributed by atoms with Crippen LogP contribution in [0.3, 0.4) is 0 Å². The summed E-state index contributed by atoms with van der Waals surface area (Å²) in [5, 5.41) is 1.97. The Bertz CT molecular complexity index is 1170. The molecule has 0 atom stereocenters. The number of nitrogens with zero attached hydrogens (tertiary/aromatic N) is 2. The third kappa shape index (κ3) is 2.49. The van der Waals surface area contributed by atoms with Crippen molar-refractivity contribution in [2.45, 2.75) is 5.16 Å². The fourth-order valence-corrected chi connectivity index (χ4v) is 3.65. The van der Waals surface area contributed by atoms with E-state index in [4.69, 9.17) is 21.3 Å². The molecule has 0 amide bonds. The quantitative estimate of drug-likeness (QED) is 0.432. The van der Waals surface area contributed by atoms with E-state index in [-0.39, 0.29) is 5.56 Å². The number of fused-ring (bicyclic) bond motifs is 3. The van der Waals surface area contributed by atoms with E-state index in [0.717, 1.165) is 16.7 Å². The minimum absolute atomic E-state index is 0.183. The minimum Gasteiger partial charge on any atom is -0.497 e. The molecule has 2 heterocycles. The molecule has 0 aliphatic heterocycles. The molecule has 0 bridgehead atoms. The largest absolute Gasteiger partial charge is 0.497 e. The van der Waals surface area contributed by atoms with Crippen LogP contribution in [0.2, 0.25) is 5.02 Å². The average Bonchev–Trinajstić information content (AvgIpc) is 3.00. The second-order valence-electron chi connectivity index (χ2n) is 5.45. The number of H-pyrrole nitrogens is 1. The van der Waals surface area contributed by atoms with Crippen LogP contribution in [0.25, 0.3) is 27.6 Å². The minimum atomic E-state index is -0.183. The van der Waals surface area contributed by atoms with Crippen molar-refractivity contribution in [1.29, 1.82) is 0 Å².